The van der Waals surface area contributed by atoms with Gasteiger partial charge in [0.05, 0.1) is 10.7 Å². The molecule has 0 saturated carbocycles. The van der Waals surface area contributed by atoms with Crippen LogP contribution in [0, 0.1) is 19.7 Å². The zero-order valence-electron chi connectivity index (χ0n) is 17.3. The molecule has 3 aromatic rings. The molecule has 6 nitrogen and oxygen atoms in total. The molecular weight excluding hydrogens is 440 g/mol. The van der Waals surface area contributed by atoms with Gasteiger partial charge in [-0.2, -0.15) is 5.10 Å². The average molecular weight is 462 g/mol. The fourth-order valence-corrected chi connectivity index (χ4v) is 3.37. The van der Waals surface area contributed by atoms with Gasteiger partial charge in [-0.15, -0.1) is 0 Å². The van der Waals surface area contributed by atoms with Crippen molar-refractivity contribution in [3.8, 4) is 0 Å². The van der Waals surface area contributed by atoms with E-state index < -0.39 is 5.82 Å². The quantitative estimate of drug-likeness (QED) is 0.418. The van der Waals surface area contributed by atoms with Gasteiger partial charge in [-0.25, -0.2) is 4.39 Å². The van der Waals surface area contributed by atoms with Crippen LogP contribution in [0.15, 0.2) is 47.5 Å². The molecule has 0 atom stereocenters. The summed E-state index contributed by atoms with van der Waals surface area (Å²) in [5.74, 6) is -0.662. The summed E-state index contributed by atoms with van der Waals surface area (Å²) in [6.07, 6.45) is 0.650. The molecule has 0 aliphatic heterocycles. The van der Waals surface area contributed by atoms with Gasteiger partial charge in [-0.05, 0) is 68.3 Å². The van der Waals surface area contributed by atoms with Crippen LogP contribution in [0.1, 0.15) is 27.3 Å². The molecule has 0 aliphatic rings. The van der Waals surface area contributed by atoms with Crippen molar-refractivity contribution in [3.05, 3.63) is 80.8 Å². The number of aromatic nitrogens is 2. The number of carbonyl (C=O) groups excluding carboxylic acids is 1. The molecule has 0 fully saturated rings. The number of guanidine groups is 1. The molecule has 2 aromatic carbocycles. The van der Waals surface area contributed by atoms with Crippen molar-refractivity contribution >= 4 is 40.8 Å². The van der Waals surface area contributed by atoms with Gasteiger partial charge >= 0.3 is 0 Å². The smallest absolute Gasteiger partial charge is 0.257 e. The third-order valence-electron chi connectivity index (χ3n) is 4.81. The Labute approximate surface area is 190 Å². The van der Waals surface area contributed by atoms with Crippen LogP contribution in [0.4, 0.5) is 10.1 Å². The standard InChI is InChI=1S/C22H22Cl2FN5O/c1-13-18(14(2)30(3)29-13)10-11-26-22(27-17-8-9-20(25)19(24)12-17)28-21(31)15-4-6-16(23)7-5-15/h4-9,12H,10-11H2,1-3H3,(H2,26,27,28,31). The first-order chi connectivity index (χ1) is 14.7. The van der Waals surface area contributed by atoms with Gasteiger partial charge in [-0.1, -0.05) is 23.2 Å². The summed E-state index contributed by atoms with van der Waals surface area (Å²) >= 11 is 11.8. The minimum atomic E-state index is -0.529. The Morgan fingerprint density at radius 2 is 1.87 bits per heavy atom. The lowest BCUT2D eigenvalue weighted by Gasteiger charge is -2.12. The SMILES string of the molecule is Cc1nn(C)c(C)c1CCN=C(NC(=O)c1ccc(Cl)cc1)Nc1ccc(F)c(Cl)c1. The molecule has 162 valence electrons. The van der Waals surface area contributed by atoms with E-state index in [-0.39, 0.29) is 16.9 Å². The molecule has 3 rings (SSSR count). The predicted molar refractivity (Wildman–Crippen MR) is 123 cm³/mol. The number of aliphatic imine (C=N–C) groups is 1. The Morgan fingerprint density at radius 1 is 1.16 bits per heavy atom. The Hall–Kier alpha value is -2.90. The van der Waals surface area contributed by atoms with Gasteiger partial charge in [0.25, 0.3) is 5.91 Å². The summed E-state index contributed by atoms with van der Waals surface area (Å²) in [5, 5.41) is 10.7. The fraction of sp³-hybridized carbons (Fsp3) is 0.227. The first kappa shape index (κ1) is 22.8. The number of nitrogens with zero attached hydrogens (tertiary/aromatic N) is 3. The lowest BCUT2D eigenvalue weighted by atomic mass is 10.1. The van der Waals surface area contributed by atoms with Gasteiger partial charge in [0, 0.05) is 35.6 Å². The van der Waals surface area contributed by atoms with Crippen molar-refractivity contribution < 1.29 is 9.18 Å². The third kappa shape index (κ3) is 5.83. The van der Waals surface area contributed by atoms with Crippen LogP contribution in [0.2, 0.25) is 10.0 Å². The van der Waals surface area contributed by atoms with Crippen LogP contribution < -0.4 is 10.6 Å². The predicted octanol–water partition coefficient (Wildman–Crippen LogP) is 4.92. The molecule has 1 aromatic heterocycles. The fourth-order valence-electron chi connectivity index (χ4n) is 3.06. The molecule has 0 radical (unpaired) electrons. The summed E-state index contributed by atoms with van der Waals surface area (Å²) in [7, 11) is 1.90. The minimum Gasteiger partial charge on any atom is -0.326 e. The number of benzene rings is 2. The van der Waals surface area contributed by atoms with Crippen LogP contribution in [0.5, 0.6) is 0 Å². The maximum atomic E-state index is 13.5. The number of hydrogen-bond donors (Lipinski definition) is 2. The summed E-state index contributed by atoms with van der Waals surface area (Å²) in [6.45, 7) is 4.36. The van der Waals surface area contributed by atoms with Crippen LogP contribution in [0.3, 0.4) is 0 Å². The van der Waals surface area contributed by atoms with E-state index in [1.807, 2.05) is 25.6 Å². The van der Waals surface area contributed by atoms with E-state index in [1.165, 1.54) is 18.2 Å². The van der Waals surface area contributed by atoms with Crippen molar-refractivity contribution in [1.29, 1.82) is 0 Å². The largest absolute Gasteiger partial charge is 0.326 e. The molecule has 31 heavy (non-hydrogen) atoms. The molecule has 0 unspecified atom stereocenters. The number of hydrogen-bond acceptors (Lipinski definition) is 3. The number of nitrogens with one attached hydrogen (secondary N) is 2. The Kier molecular flexibility index (Phi) is 7.30. The maximum Gasteiger partial charge on any atom is 0.257 e. The van der Waals surface area contributed by atoms with E-state index in [0.717, 1.165) is 17.0 Å². The van der Waals surface area contributed by atoms with E-state index in [0.29, 0.717) is 29.2 Å². The van der Waals surface area contributed by atoms with E-state index in [2.05, 4.69) is 20.7 Å². The van der Waals surface area contributed by atoms with Crippen LogP contribution in [0.25, 0.3) is 0 Å². The summed E-state index contributed by atoms with van der Waals surface area (Å²) in [6, 6.07) is 10.7. The van der Waals surface area contributed by atoms with Crippen molar-refractivity contribution in [2.45, 2.75) is 20.3 Å². The van der Waals surface area contributed by atoms with Crippen LogP contribution in [-0.2, 0) is 13.5 Å². The highest BCUT2D eigenvalue weighted by Crippen LogP contribution is 2.19. The number of carbonyl (C=O) groups is 1. The highest BCUT2D eigenvalue weighted by atomic mass is 35.5. The van der Waals surface area contributed by atoms with E-state index in [9.17, 15) is 9.18 Å². The monoisotopic (exact) mass is 461 g/mol. The van der Waals surface area contributed by atoms with Crippen molar-refractivity contribution in [2.24, 2.45) is 12.0 Å². The Bertz CT molecular complexity index is 1130. The molecule has 0 spiro atoms. The van der Waals surface area contributed by atoms with Crippen LogP contribution in [-0.4, -0.2) is 28.2 Å². The van der Waals surface area contributed by atoms with Gasteiger partial charge in [-0.3, -0.25) is 19.8 Å². The van der Waals surface area contributed by atoms with E-state index in [4.69, 9.17) is 23.2 Å². The molecule has 1 heterocycles. The van der Waals surface area contributed by atoms with Gasteiger partial charge in [0.2, 0.25) is 5.96 Å². The first-order valence-corrected chi connectivity index (χ1v) is 10.3. The lowest BCUT2D eigenvalue weighted by Crippen LogP contribution is -2.36. The van der Waals surface area contributed by atoms with Crippen molar-refractivity contribution in [2.75, 3.05) is 11.9 Å². The summed E-state index contributed by atoms with van der Waals surface area (Å²) in [5.41, 5.74) is 4.04. The van der Waals surface area contributed by atoms with E-state index >= 15 is 0 Å². The highest BCUT2D eigenvalue weighted by Gasteiger charge is 2.12. The average Bonchev–Trinajstić information content (AvgIpc) is 2.97. The molecular formula is C22H22Cl2FN5O. The summed E-state index contributed by atoms with van der Waals surface area (Å²) < 4.78 is 15.3. The Morgan fingerprint density at radius 3 is 2.48 bits per heavy atom. The number of aryl methyl sites for hydroxylation is 2. The van der Waals surface area contributed by atoms with Gasteiger partial charge in [0.1, 0.15) is 5.82 Å². The normalized spacial score (nSPS) is 11.5. The molecule has 0 bridgehead atoms. The molecule has 9 heteroatoms. The second kappa shape index (κ2) is 9.94. The Balaban J connectivity index is 1.80. The zero-order valence-corrected chi connectivity index (χ0v) is 18.9. The summed E-state index contributed by atoms with van der Waals surface area (Å²) in [4.78, 5) is 17.2. The molecule has 0 aliphatic carbocycles. The van der Waals surface area contributed by atoms with Gasteiger partial charge in [0.15, 0.2) is 0 Å². The molecule has 2 N–H and O–H groups in total. The van der Waals surface area contributed by atoms with E-state index in [1.54, 1.807) is 24.3 Å². The second-order valence-electron chi connectivity index (χ2n) is 6.97. The molecule has 1 amide bonds. The maximum absolute atomic E-state index is 13.5. The second-order valence-corrected chi connectivity index (χ2v) is 7.81. The van der Waals surface area contributed by atoms with Gasteiger partial charge < -0.3 is 5.32 Å². The number of anilines is 1. The first-order valence-electron chi connectivity index (χ1n) is 9.57. The number of rotatable bonds is 5. The number of halogens is 3. The van der Waals surface area contributed by atoms with Crippen molar-refractivity contribution in [1.82, 2.24) is 15.1 Å². The zero-order chi connectivity index (χ0) is 22.5. The third-order valence-corrected chi connectivity index (χ3v) is 5.35. The topological polar surface area (TPSA) is 71.3 Å². The minimum absolute atomic E-state index is 0.0324. The number of amides is 1. The highest BCUT2D eigenvalue weighted by molar-refractivity contribution is 6.31. The lowest BCUT2D eigenvalue weighted by molar-refractivity contribution is 0.0977. The van der Waals surface area contributed by atoms with Crippen LogP contribution >= 0.6 is 23.2 Å². The molecule has 0 saturated heterocycles. The van der Waals surface area contributed by atoms with Crippen molar-refractivity contribution in [3.63, 3.8) is 0 Å².